The van der Waals surface area contributed by atoms with Gasteiger partial charge in [-0.3, -0.25) is 0 Å². The molecule has 2 aromatic rings. The second-order valence-electron chi connectivity index (χ2n) is 4.49. The summed E-state index contributed by atoms with van der Waals surface area (Å²) in [4.78, 5) is 2.58. The Labute approximate surface area is 137 Å². The Morgan fingerprint density at radius 3 is 1.76 bits per heavy atom. The molecule has 0 bridgehead atoms. The molecule has 2 N–H and O–H groups in total. The summed E-state index contributed by atoms with van der Waals surface area (Å²) in [6, 6.07) is 20.9. The van der Waals surface area contributed by atoms with Gasteiger partial charge in [0.2, 0.25) is 0 Å². The van der Waals surface area contributed by atoms with Gasteiger partial charge in [-0.1, -0.05) is 0 Å². The van der Waals surface area contributed by atoms with Gasteiger partial charge in [-0.2, -0.15) is 0 Å². The molecule has 0 heterocycles. The first-order chi connectivity index (χ1) is 10.3. The Bertz CT molecular complexity index is 469. The summed E-state index contributed by atoms with van der Waals surface area (Å²) in [7, 11) is 3.90. The number of aliphatic hydroxyl groups is 2. The van der Waals surface area contributed by atoms with E-state index < -0.39 is 18.4 Å². The zero-order valence-corrected chi connectivity index (χ0v) is 15.1. The van der Waals surface area contributed by atoms with Crippen LogP contribution in [0, 0.1) is 0 Å². The van der Waals surface area contributed by atoms with Gasteiger partial charge in [0.05, 0.1) is 0 Å². The van der Waals surface area contributed by atoms with E-state index in [2.05, 4.69) is 48.5 Å². The molecule has 1 atom stereocenters. The molecule has 0 spiro atoms. The van der Waals surface area contributed by atoms with Gasteiger partial charge in [0.25, 0.3) is 0 Å². The molecular weight excluding hydrogens is 363 g/mol. The van der Waals surface area contributed by atoms with E-state index in [-0.39, 0.29) is 6.61 Å². The van der Waals surface area contributed by atoms with Crippen LogP contribution >= 0.6 is 20.0 Å². The van der Waals surface area contributed by atoms with Gasteiger partial charge in [-0.15, -0.1) is 0 Å². The van der Waals surface area contributed by atoms with Crippen molar-refractivity contribution in [1.29, 1.82) is 0 Å². The Kier molecular flexibility index (Phi) is 7.76. The van der Waals surface area contributed by atoms with Gasteiger partial charge >= 0.3 is 137 Å². The van der Waals surface area contributed by atoms with Crippen LogP contribution in [0.2, 0.25) is 5.21 Å². The van der Waals surface area contributed by atoms with E-state index in [9.17, 15) is 5.11 Å². The summed E-state index contributed by atoms with van der Waals surface area (Å²) in [5, 5.41) is 19.6. The van der Waals surface area contributed by atoms with Gasteiger partial charge in [0.15, 0.2) is 0 Å². The Balaban J connectivity index is 1.99. The monoisotopic (exact) mass is 382 g/mol. The molecule has 0 saturated carbocycles. The van der Waals surface area contributed by atoms with E-state index in [0.717, 1.165) is 5.21 Å². The zero-order valence-electron chi connectivity index (χ0n) is 11.6. The molecule has 0 fully saturated rings. The van der Waals surface area contributed by atoms with E-state index in [1.165, 1.54) is 9.79 Å². The fourth-order valence-corrected chi connectivity index (χ4v) is 14.2. The van der Waals surface area contributed by atoms with Crippen LogP contribution in [0.4, 0.5) is 0 Å². The average Bonchev–Trinajstić information content (AvgIpc) is 2.54. The fraction of sp³-hybridized carbons (Fsp3) is 0.250. The van der Waals surface area contributed by atoms with E-state index in [1.54, 1.807) is 0 Å². The maximum absolute atomic E-state index is 9.59. The van der Waals surface area contributed by atoms with Crippen LogP contribution in [-0.4, -0.2) is 35.3 Å². The first-order valence-electron chi connectivity index (χ1n) is 6.80. The minimum atomic E-state index is -1.27. The van der Waals surface area contributed by atoms with Crippen molar-refractivity contribution in [3.05, 3.63) is 60.7 Å². The summed E-state index contributed by atoms with van der Waals surface area (Å²) in [6.07, 6.45) is 0.0884. The number of benzene rings is 2. The topological polar surface area (TPSA) is 40.5 Å². The molecule has 2 nitrogen and oxygen atoms in total. The third kappa shape index (κ3) is 6.50. The molecule has 0 radical (unpaired) electrons. The van der Waals surface area contributed by atoms with E-state index in [1.807, 2.05) is 32.2 Å². The molecule has 0 aromatic heterocycles. The van der Waals surface area contributed by atoms with Gasteiger partial charge in [-0.25, -0.2) is 0 Å². The molecule has 112 valence electrons. The summed E-state index contributed by atoms with van der Waals surface area (Å²) in [5.74, 6) is 0. The molecule has 0 aliphatic heterocycles. The SMILES string of the molecule is OC[C@H](O)CC[As](Sc1ccccc1)Sc1ccccc1. The number of aliphatic hydroxyl groups excluding tert-OH is 2. The minimum absolute atomic E-state index is 0.145. The van der Waals surface area contributed by atoms with Crippen molar-refractivity contribution in [2.45, 2.75) is 27.5 Å². The molecule has 21 heavy (non-hydrogen) atoms. The van der Waals surface area contributed by atoms with Gasteiger partial charge in [0.1, 0.15) is 0 Å². The van der Waals surface area contributed by atoms with Crippen molar-refractivity contribution in [3.8, 4) is 0 Å². The second-order valence-corrected chi connectivity index (χ2v) is 16.2. The van der Waals surface area contributed by atoms with Crippen LogP contribution in [0.25, 0.3) is 0 Å². The number of hydrogen-bond donors (Lipinski definition) is 2. The van der Waals surface area contributed by atoms with Crippen LogP contribution in [-0.2, 0) is 0 Å². The maximum atomic E-state index is 9.59. The van der Waals surface area contributed by atoms with Gasteiger partial charge < -0.3 is 0 Å². The van der Waals surface area contributed by atoms with Crippen LogP contribution in [0.5, 0.6) is 0 Å². The van der Waals surface area contributed by atoms with Crippen molar-refractivity contribution in [1.82, 2.24) is 0 Å². The van der Waals surface area contributed by atoms with Gasteiger partial charge in [0, 0.05) is 0 Å². The quantitative estimate of drug-likeness (QED) is 0.682. The average molecular weight is 382 g/mol. The fourth-order valence-electron chi connectivity index (χ4n) is 1.65. The Morgan fingerprint density at radius 2 is 1.33 bits per heavy atom. The zero-order chi connectivity index (χ0) is 14.9. The predicted octanol–water partition coefficient (Wildman–Crippen LogP) is 3.80. The molecular formula is C16H19AsO2S2. The third-order valence-corrected chi connectivity index (χ3v) is 14.9. The van der Waals surface area contributed by atoms with Crippen LogP contribution in [0.15, 0.2) is 70.5 Å². The standard InChI is InChI=1S/C16H19AsO2S2/c18-13-14(19)11-12-17(20-15-7-3-1-4-8-15)21-16-9-5-2-6-10-16/h1-10,14,18-19H,11-13H2/t14-/m1/s1. The summed E-state index contributed by atoms with van der Waals surface area (Å²) < 4.78 is 0. The van der Waals surface area contributed by atoms with Crippen LogP contribution in [0.1, 0.15) is 6.42 Å². The molecule has 2 aromatic carbocycles. The first kappa shape index (κ1) is 17.0. The molecule has 0 aliphatic rings. The molecule has 5 heteroatoms. The van der Waals surface area contributed by atoms with Crippen molar-refractivity contribution in [2.75, 3.05) is 6.61 Å². The van der Waals surface area contributed by atoms with Gasteiger partial charge in [-0.05, 0) is 0 Å². The number of rotatable bonds is 8. The van der Waals surface area contributed by atoms with E-state index in [4.69, 9.17) is 5.11 Å². The number of hydrogen-bond acceptors (Lipinski definition) is 4. The van der Waals surface area contributed by atoms with Crippen molar-refractivity contribution in [2.24, 2.45) is 0 Å². The summed E-state index contributed by atoms with van der Waals surface area (Å²) in [5.41, 5.74) is 0. The van der Waals surface area contributed by atoms with E-state index in [0.29, 0.717) is 6.42 Å². The van der Waals surface area contributed by atoms with Crippen molar-refractivity contribution < 1.29 is 10.2 Å². The summed E-state index contributed by atoms with van der Waals surface area (Å²) >= 11 is -1.27. The second kappa shape index (κ2) is 9.60. The Morgan fingerprint density at radius 1 is 0.857 bits per heavy atom. The molecule has 0 saturated heterocycles. The van der Waals surface area contributed by atoms with E-state index >= 15 is 0 Å². The van der Waals surface area contributed by atoms with Crippen LogP contribution in [0.3, 0.4) is 0 Å². The van der Waals surface area contributed by atoms with Crippen molar-refractivity contribution >= 4 is 32.4 Å². The third-order valence-electron chi connectivity index (χ3n) is 2.76. The Hall–Kier alpha value is -0.382. The molecule has 0 aliphatic carbocycles. The van der Waals surface area contributed by atoms with Crippen molar-refractivity contribution in [3.63, 3.8) is 0 Å². The molecule has 0 unspecified atom stereocenters. The first-order valence-corrected chi connectivity index (χ1v) is 14.3. The molecule has 0 amide bonds. The van der Waals surface area contributed by atoms with Crippen LogP contribution < -0.4 is 0 Å². The summed E-state index contributed by atoms with van der Waals surface area (Å²) in [6.45, 7) is -0.145. The normalized spacial score (nSPS) is 12.5. The predicted molar refractivity (Wildman–Crippen MR) is 92.9 cm³/mol. The molecule has 2 rings (SSSR count).